The molecule has 9 heteroatoms. The second-order valence-electron chi connectivity index (χ2n) is 2.87. The van der Waals surface area contributed by atoms with Crippen LogP contribution in [0.2, 0.25) is 0 Å². The third-order valence-electron chi connectivity index (χ3n) is 2.23. The summed E-state index contributed by atoms with van der Waals surface area (Å²) >= 11 is -3.11. The van der Waals surface area contributed by atoms with Gasteiger partial charge < -0.3 is 13.3 Å². The minimum atomic E-state index is -3.11. The Labute approximate surface area is 113 Å². The molecule has 0 rings (SSSR count). The second-order valence-corrected chi connectivity index (χ2v) is 11.8. The summed E-state index contributed by atoms with van der Waals surface area (Å²) in [5.41, 5.74) is 1.44. The molecular formula is C9H24GeO7Si. The van der Waals surface area contributed by atoms with E-state index in [0.29, 0.717) is 0 Å². The third kappa shape index (κ3) is 6.41. The first-order valence-corrected chi connectivity index (χ1v) is 10.9. The molecule has 110 valence electrons. The summed E-state index contributed by atoms with van der Waals surface area (Å²) in [5, 5.41) is 8.68. The quantitative estimate of drug-likeness (QED) is 0.620. The van der Waals surface area contributed by atoms with E-state index in [1.54, 1.807) is 27.0 Å². The molecule has 0 aromatic heterocycles. The van der Waals surface area contributed by atoms with Gasteiger partial charge in [0.1, 0.15) is 0 Å². The van der Waals surface area contributed by atoms with Gasteiger partial charge in [0.05, 0.1) is 0 Å². The zero-order valence-electron chi connectivity index (χ0n) is 11.9. The molecule has 0 atom stereocenters. The predicted octanol–water partition coefficient (Wildman–Crippen LogP) is -0.0143. The molecule has 0 aromatic carbocycles. The van der Waals surface area contributed by atoms with Gasteiger partial charge in [0.25, 0.3) is 0 Å². The van der Waals surface area contributed by atoms with Gasteiger partial charge in [-0.2, -0.15) is 0 Å². The van der Waals surface area contributed by atoms with Gasteiger partial charge in [0.15, 0.2) is 0 Å². The van der Waals surface area contributed by atoms with Crippen molar-refractivity contribution in [2.75, 3.05) is 48.1 Å². The molecular weight excluding hydrogens is 321 g/mol. The van der Waals surface area contributed by atoms with Crippen molar-refractivity contribution in [2.24, 2.45) is 0 Å². The SMILES string of the molecule is C=C[Si](OC)(OC)OC.C[O][Ge]([CH2]O)([O]C)[O]C. The summed E-state index contributed by atoms with van der Waals surface area (Å²) in [6.07, 6.45) is 0. The van der Waals surface area contributed by atoms with E-state index in [0.717, 1.165) is 0 Å². The van der Waals surface area contributed by atoms with Crippen LogP contribution >= 0.6 is 0 Å². The maximum absolute atomic E-state index is 8.68. The number of hydrogen-bond acceptors (Lipinski definition) is 7. The van der Waals surface area contributed by atoms with Crippen molar-refractivity contribution in [2.45, 2.75) is 0 Å². The Morgan fingerprint density at radius 1 is 0.944 bits per heavy atom. The van der Waals surface area contributed by atoms with Gasteiger partial charge in [-0.15, -0.1) is 0 Å². The topological polar surface area (TPSA) is 75.6 Å². The number of rotatable bonds is 8. The van der Waals surface area contributed by atoms with E-state index in [9.17, 15) is 0 Å². The number of aliphatic hydroxyl groups is 1. The van der Waals surface area contributed by atoms with Gasteiger partial charge in [-0.1, -0.05) is 6.58 Å². The molecule has 0 aliphatic rings. The van der Waals surface area contributed by atoms with Crippen LogP contribution in [0.1, 0.15) is 0 Å². The van der Waals surface area contributed by atoms with Gasteiger partial charge in [0.2, 0.25) is 0 Å². The minimum absolute atomic E-state index is 0.135. The van der Waals surface area contributed by atoms with E-state index in [4.69, 9.17) is 29.7 Å². The summed E-state index contributed by atoms with van der Waals surface area (Å²) in [6.45, 7) is 3.53. The summed E-state index contributed by atoms with van der Waals surface area (Å²) in [7, 11) is 6.63. The van der Waals surface area contributed by atoms with Crippen LogP contribution in [-0.2, 0) is 24.6 Å². The van der Waals surface area contributed by atoms with Crippen molar-refractivity contribution in [1.29, 1.82) is 0 Å². The van der Waals surface area contributed by atoms with Crippen molar-refractivity contribution in [3.63, 3.8) is 0 Å². The molecule has 18 heavy (non-hydrogen) atoms. The fraction of sp³-hybridized carbons (Fsp3) is 0.778. The van der Waals surface area contributed by atoms with Crippen molar-refractivity contribution >= 4 is 23.1 Å². The maximum atomic E-state index is 8.68. The van der Waals surface area contributed by atoms with Gasteiger partial charge in [-0.05, 0) is 5.70 Å². The van der Waals surface area contributed by atoms with Crippen LogP contribution in [0.4, 0.5) is 0 Å². The second kappa shape index (κ2) is 11.1. The molecule has 7 nitrogen and oxygen atoms in total. The van der Waals surface area contributed by atoms with E-state index < -0.39 is 23.1 Å². The van der Waals surface area contributed by atoms with Crippen molar-refractivity contribution < 1.29 is 29.7 Å². The number of aliphatic hydroxyl groups excluding tert-OH is 1. The van der Waals surface area contributed by atoms with Crippen molar-refractivity contribution in [3.05, 3.63) is 12.3 Å². The molecule has 0 radical (unpaired) electrons. The van der Waals surface area contributed by atoms with Gasteiger partial charge in [0, 0.05) is 21.3 Å². The normalized spacial score (nSPS) is 11.7. The third-order valence-corrected chi connectivity index (χ3v) is 9.16. The molecule has 0 saturated heterocycles. The van der Waals surface area contributed by atoms with Crippen LogP contribution in [0.3, 0.4) is 0 Å². The number of hydrogen-bond donors (Lipinski definition) is 1. The summed E-state index contributed by atoms with van der Waals surface area (Å²) in [4.78, 5) is 0. The molecule has 1 N–H and O–H groups in total. The zero-order chi connectivity index (χ0) is 14.7. The molecule has 0 aliphatic carbocycles. The average Bonchev–Trinajstić information content (AvgIpc) is 2.46. The Balaban J connectivity index is 0. The molecule has 0 saturated carbocycles. The van der Waals surface area contributed by atoms with Crippen LogP contribution in [0.15, 0.2) is 12.3 Å². The standard InChI is InChI=1S/C5H12O3Si.C4H12GeO4/c1-5-9(6-2,7-3)8-4;1-7-5(4-6,8-2)9-3/h5H,1H2,2-4H3;6H,4H2,1-3H3. The first kappa shape index (κ1) is 20.5. The van der Waals surface area contributed by atoms with Crippen LogP contribution in [0.25, 0.3) is 0 Å². The first-order chi connectivity index (χ1) is 8.49. The fourth-order valence-corrected chi connectivity index (χ4v) is 3.81. The summed E-state index contributed by atoms with van der Waals surface area (Å²) in [5.74, 6) is 0. The van der Waals surface area contributed by atoms with E-state index in [1.807, 2.05) is 0 Å². The summed E-state index contributed by atoms with van der Waals surface area (Å²) < 4.78 is 29.5. The first-order valence-electron chi connectivity index (χ1n) is 5.04. The van der Waals surface area contributed by atoms with Gasteiger partial charge >= 0.3 is 66.2 Å². The van der Waals surface area contributed by atoms with Gasteiger partial charge in [-0.3, -0.25) is 0 Å². The van der Waals surface area contributed by atoms with Crippen molar-refractivity contribution in [3.8, 4) is 0 Å². The van der Waals surface area contributed by atoms with Crippen LogP contribution in [0.5, 0.6) is 0 Å². The molecule has 0 unspecified atom stereocenters. The van der Waals surface area contributed by atoms with Crippen molar-refractivity contribution in [1.82, 2.24) is 0 Å². The van der Waals surface area contributed by atoms with E-state index in [2.05, 4.69) is 6.58 Å². The molecule has 0 aliphatic heterocycles. The summed E-state index contributed by atoms with van der Waals surface area (Å²) in [6, 6.07) is 0. The Morgan fingerprint density at radius 2 is 1.28 bits per heavy atom. The Kier molecular flexibility index (Phi) is 12.6. The van der Waals surface area contributed by atoms with Crippen LogP contribution in [-0.4, -0.2) is 76.3 Å². The molecule has 0 spiro atoms. The van der Waals surface area contributed by atoms with Crippen LogP contribution < -0.4 is 0 Å². The fourth-order valence-electron chi connectivity index (χ4n) is 0.944. The van der Waals surface area contributed by atoms with Crippen LogP contribution in [0, 0.1) is 0 Å². The van der Waals surface area contributed by atoms with E-state index in [-0.39, 0.29) is 5.44 Å². The Morgan fingerprint density at radius 3 is 1.28 bits per heavy atom. The molecule has 0 amide bonds. The Hall–Kier alpha value is 0.220. The molecule has 0 aromatic rings. The van der Waals surface area contributed by atoms with E-state index in [1.165, 1.54) is 21.3 Å². The van der Waals surface area contributed by atoms with E-state index >= 15 is 0 Å². The predicted molar refractivity (Wildman–Crippen MR) is 70.8 cm³/mol. The molecule has 0 bridgehead atoms. The molecule has 0 fully saturated rings. The Bertz CT molecular complexity index is 183. The average molecular weight is 345 g/mol. The molecule has 0 heterocycles. The zero-order valence-corrected chi connectivity index (χ0v) is 15.0. The monoisotopic (exact) mass is 346 g/mol. The van der Waals surface area contributed by atoms with Gasteiger partial charge in [-0.25, -0.2) is 0 Å².